The van der Waals surface area contributed by atoms with E-state index in [2.05, 4.69) is 16.3 Å². The molecule has 72 valence electrons. The Labute approximate surface area is 79.7 Å². The third kappa shape index (κ3) is 1.56. The van der Waals surface area contributed by atoms with Crippen molar-refractivity contribution in [1.82, 2.24) is 10.2 Å². The van der Waals surface area contributed by atoms with E-state index in [9.17, 15) is 0 Å². The summed E-state index contributed by atoms with van der Waals surface area (Å²) in [5.74, 6) is 0. The SMILES string of the molecule is N#CC1(N2CCCNCC2)CCC1. The number of nitrogens with zero attached hydrogens (tertiary/aromatic N) is 2. The number of hydrogen-bond donors (Lipinski definition) is 1. The summed E-state index contributed by atoms with van der Waals surface area (Å²) in [7, 11) is 0. The van der Waals surface area contributed by atoms with Crippen molar-refractivity contribution in [3.05, 3.63) is 0 Å². The van der Waals surface area contributed by atoms with Crippen molar-refractivity contribution in [2.75, 3.05) is 26.2 Å². The molecule has 0 atom stereocenters. The molecule has 3 heteroatoms. The summed E-state index contributed by atoms with van der Waals surface area (Å²) < 4.78 is 0. The highest BCUT2D eigenvalue weighted by Gasteiger charge is 2.42. The largest absolute Gasteiger partial charge is 0.315 e. The van der Waals surface area contributed by atoms with Gasteiger partial charge >= 0.3 is 0 Å². The van der Waals surface area contributed by atoms with Gasteiger partial charge in [-0.3, -0.25) is 4.90 Å². The maximum Gasteiger partial charge on any atom is 0.109 e. The van der Waals surface area contributed by atoms with E-state index in [1.54, 1.807) is 0 Å². The Morgan fingerprint density at radius 1 is 1.15 bits per heavy atom. The van der Waals surface area contributed by atoms with Crippen LogP contribution in [0, 0.1) is 11.3 Å². The van der Waals surface area contributed by atoms with Crippen LogP contribution in [0.4, 0.5) is 0 Å². The molecule has 0 aromatic heterocycles. The molecule has 0 unspecified atom stereocenters. The van der Waals surface area contributed by atoms with Gasteiger partial charge in [0.15, 0.2) is 0 Å². The van der Waals surface area contributed by atoms with E-state index in [4.69, 9.17) is 5.26 Å². The molecule has 0 bridgehead atoms. The summed E-state index contributed by atoms with van der Waals surface area (Å²) in [5, 5.41) is 12.5. The number of hydrogen-bond acceptors (Lipinski definition) is 3. The van der Waals surface area contributed by atoms with Crippen LogP contribution in [0.1, 0.15) is 25.7 Å². The fraction of sp³-hybridized carbons (Fsp3) is 0.900. The summed E-state index contributed by atoms with van der Waals surface area (Å²) in [6, 6.07) is 2.51. The molecular formula is C10H17N3. The molecule has 2 aliphatic rings. The van der Waals surface area contributed by atoms with Crippen LogP contribution in [0.5, 0.6) is 0 Å². The zero-order chi connectivity index (χ0) is 9.15. The van der Waals surface area contributed by atoms with Gasteiger partial charge in [-0.05, 0) is 32.2 Å². The normalized spacial score (nSPS) is 28.5. The first-order valence-corrected chi connectivity index (χ1v) is 5.24. The predicted molar refractivity (Wildman–Crippen MR) is 51.3 cm³/mol. The van der Waals surface area contributed by atoms with Crippen molar-refractivity contribution in [1.29, 1.82) is 5.26 Å². The fourth-order valence-corrected chi connectivity index (χ4v) is 2.28. The van der Waals surface area contributed by atoms with Crippen molar-refractivity contribution in [3.63, 3.8) is 0 Å². The minimum atomic E-state index is -0.0774. The molecule has 0 aromatic rings. The lowest BCUT2D eigenvalue weighted by Crippen LogP contribution is -2.53. The summed E-state index contributed by atoms with van der Waals surface area (Å²) in [6.07, 6.45) is 4.59. The molecule has 1 heterocycles. The minimum absolute atomic E-state index is 0.0774. The Kier molecular flexibility index (Phi) is 2.52. The van der Waals surface area contributed by atoms with Crippen molar-refractivity contribution >= 4 is 0 Å². The van der Waals surface area contributed by atoms with E-state index in [0.717, 1.165) is 39.0 Å². The highest BCUT2D eigenvalue weighted by molar-refractivity contribution is 5.13. The molecule has 0 aromatic carbocycles. The molecule has 1 saturated heterocycles. The molecule has 2 rings (SSSR count). The number of rotatable bonds is 1. The van der Waals surface area contributed by atoms with Crippen LogP contribution in [0.2, 0.25) is 0 Å². The Balaban J connectivity index is 2.01. The molecular weight excluding hydrogens is 162 g/mol. The van der Waals surface area contributed by atoms with Gasteiger partial charge in [-0.25, -0.2) is 0 Å². The fourth-order valence-electron chi connectivity index (χ4n) is 2.28. The molecule has 0 radical (unpaired) electrons. The Morgan fingerprint density at radius 2 is 2.00 bits per heavy atom. The van der Waals surface area contributed by atoms with Gasteiger partial charge in [0.05, 0.1) is 6.07 Å². The number of nitriles is 1. The molecule has 1 aliphatic heterocycles. The molecule has 0 spiro atoms. The first-order valence-electron chi connectivity index (χ1n) is 5.24. The lowest BCUT2D eigenvalue weighted by Gasteiger charge is -2.44. The molecule has 1 saturated carbocycles. The van der Waals surface area contributed by atoms with Gasteiger partial charge in [-0.2, -0.15) is 5.26 Å². The Morgan fingerprint density at radius 3 is 2.62 bits per heavy atom. The second-order valence-corrected chi connectivity index (χ2v) is 4.09. The van der Waals surface area contributed by atoms with Gasteiger partial charge in [-0.15, -0.1) is 0 Å². The summed E-state index contributed by atoms with van der Waals surface area (Å²) in [5.41, 5.74) is -0.0774. The summed E-state index contributed by atoms with van der Waals surface area (Å²) in [4.78, 5) is 2.39. The maximum atomic E-state index is 9.17. The van der Waals surface area contributed by atoms with Crippen molar-refractivity contribution < 1.29 is 0 Å². The zero-order valence-corrected chi connectivity index (χ0v) is 8.05. The average Bonchev–Trinajstić information content (AvgIpc) is 2.32. The van der Waals surface area contributed by atoms with Gasteiger partial charge in [-0.1, -0.05) is 0 Å². The van der Waals surface area contributed by atoms with E-state index in [1.165, 1.54) is 12.8 Å². The summed E-state index contributed by atoms with van der Waals surface area (Å²) in [6.45, 7) is 4.30. The van der Waals surface area contributed by atoms with Crippen molar-refractivity contribution in [3.8, 4) is 6.07 Å². The van der Waals surface area contributed by atoms with E-state index in [-0.39, 0.29) is 5.54 Å². The quantitative estimate of drug-likeness (QED) is 0.645. The smallest absolute Gasteiger partial charge is 0.109 e. The van der Waals surface area contributed by atoms with Gasteiger partial charge in [0.25, 0.3) is 0 Å². The highest BCUT2D eigenvalue weighted by atomic mass is 15.2. The second-order valence-electron chi connectivity index (χ2n) is 4.09. The van der Waals surface area contributed by atoms with Gasteiger partial charge in [0, 0.05) is 19.6 Å². The zero-order valence-electron chi connectivity index (χ0n) is 8.05. The first kappa shape index (κ1) is 8.98. The highest BCUT2D eigenvalue weighted by Crippen LogP contribution is 2.37. The third-order valence-electron chi connectivity index (χ3n) is 3.33. The molecule has 1 aliphatic carbocycles. The second kappa shape index (κ2) is 3.65. The third-order valence-corrected chi connectivity index (χ3v) is 3.33. The molecule has 0 amide bonds. The minimum Gasteiger partial charge on any atom is -0.315 e. The standard InChI is InChI=1S/C10H17N3/c11-9-10(3-1-4-10)13-7-2-5-12-6-8-13/h12H,1-8H2. The van der Waals surface area contributed by atoms with Crippen LogP contribution in [0.25, 0.3) is 0 Å². The topological polar surface area (TPSA) is 39.1 Å². The molecule has 3 nitrogen and oxygen atoms in total. The van der Waals surface area contributed by atoms with Gasteiger partial charge in [0.2, 0.25) is 0 Å². The van der Waals surface area contributed by atoms with Crippen LogP contribution < -0.4 is 5.32 Å². The van der Waals surface area contributed by atoms with Gasteiger partial charge in [0.1, 0.15) is 5.54 Å². The van der Waals surface area contributed by atoms with E-state index in [0.29, 0.717) is 0 Å². The monoisotopic (exact) mass is 179 g/mol. The van der Waals surface area contributed by atoms with Gasteiger partial charge < -0.3 is 5.32 Å². The van der Waals surface area contributed by atoms with Crippen LogP contribution in [-0.4, -0.2) is 36.6 Å². The number of nitrogens with one attached hydrogen (secondary N) is 1. The average molecular weight is 179 g/mol. The van der Waals surface area contributed by atoms with E-state index < -0.39 is 0 Å². The molecule has 13 heavy (non-hydrogen) atoms. The summed E-state index contributed by atoms with van der Waals surface area (Å²) >= 11 is 0. The molecule has 1 N–H and O–H groups in total. The van der Waals surface area contributed by atoms with Crippen LogP contribution in [0.15, 0.2) is 0 Å². The first-order chi connectivity index (χ1) is 6.37. The Bertz CT molecular complexity index is 207. The Hall–Kier alpha value is -0.590. The van der Waals surface area contributed by atoms with Crippen molar-refractivity contribution in [2.24, 2.45) is 0 Å². The van der Waals surface area contributed by atoms with Crippen molar-refractivity contribution in [2.45, 2.75) is 31.2 Å². The van der Waals surface area contributed by atoms with E-state index in [1.807, 2.05) is 0 Å². The lowest BCUT2D eigenvalue weighted by atomic mass is 9.76. The van der Waals surface area contributed by atoms with Crippen LogP contribution >= 0.6 is 0 Å². The van der Waals surface area contributed by atoms with Crippen LogP contribution in [-0.2, 0) is 0 Å². The molecule has 2 fully saturated rings. The van der Waals surface area contributed by atoms with E-state index >= 15 is 0 Å². The maximum absolute atomic E-state index is 9.17. The predicted octanol–water partition coefficient (Wildman–Crippen LogP) is 0.728. The lowest BCUT2D eigenvalue weighted by molar-refractivity contribution is 0.0717. The van der Waals surface area contributed by atoms with Crippen LogP contribution in [0.3, 0.4) is 0 Å².